The van der Waals surface area contributed by atoms with Crippen LogP contribution in [0.25, 0.3) is 10.2 Å². The molecule has 4 nitrogen and oxygen atoms in total. The monoisotopic (exact) mass is 249 g/mol. The summed E-state index contributed by atoms with van der Waals surface area (Å²) in [5, 5.41) is 3.93. The number of fused-ring (bicyclic) bond motifs is 1. The fourth-order valence-corrected chi connectivity index (χ4v) is 2.33. The van der Waals surface area contributed by atoms with Crippen LogP contribution < -0.4 is 10.1 Å². The first-order valence-corrected chi connectivity index (χ1v) is 6.26. The van der Waals surface area contributed by atoms with Crippen LogP contribution in [0.3, 0.4) is 0 Å². The van der Waals surface area contributed by atoms with Gasteiger partial charge in [-0.3, -0.25) is 0 Å². The highest BCUT2D eigenvalue weighted by Gasteiger charge is 2.10. The number of anilines is 1. The average Bonchev–Trinajstić information content (AvgIpc) is 2.69. The van der Waals surface area contributed by atoms with Crippen LogP contribution in [0, 0.1) is 6.92 Å². The lowest BCUT2D eigenvalue weighted by Gasteiger charge is -2.05. The molecule has 0 aliphatic rings. The van der Waals surface area contributed by atoms with E-state index in [0.29, 0.717) is 18.4 Å². The summed E-state index contributed by atoms with van der Waals surface area (Å²) in [7, 11) is 1.80. The molecule has 0 aliphatic heterocycles. The van der Waals surface area contributed by atoms with Crippen molar-refractivity contribution in [2.45, 2.75) is 13.8 Å². The molecule has 2 aromatic heterocycles. The first-order valence-electron chi connectivity index (χ1n) is 5.44. The molecule has 0 spiro atoms. The van der Waals surface area contributed by atoms with Gasteiger partial charge < -0.3 is 10.1 Å². The minimum atomic E-state index is 0.528. The molecule has 2 rings (SSSR count). The normalized spacial score (nSPS) is 11.2. The second kappa shape index (κ2) is 5.14. The van der Waals surface area contributed by atoms with E-state index in [4.69, 9.17) is 4.74 Å². The van der Waals surface area contributed by atoms with Gasteiger partial charge in [0.1, 0.15) is 11.4 Å². The zero-order valence-electron chi connectivity index (χ0n) is 10.2. The predicted octanol–water partition coefficient (Wildman–Crippen LogP) is 3.00. The number of hydrogen-bond donors (Lipinski definition) is 1. The van der Waals surface area contributed by atoms with Crippen LogP contribution in [-0.2, 0) is 0 Å². The van der Waals surface area contributed by atoms with Crippen LogP contribution in [0.4, 0.5) is 5.95 Å². The zero-order valence-corrected chi connectivity index (χ0v) is 11.0. The molecular formula is C12H15N3OS. The number of aromatic nitrogens is 2. The van der Waals surface area contributed by atoms with Crippen LogP contribution in [0.2, 0.25) is 0 Å². The Hall–Kier alpha value is -1.62. The number of rotatable bonds is 4. The zero-order chi connectivity index (χ0) is 12.3. The fraction of sp³-hybridized carbons (Fsp3) is 0.333. The van der Waals surface area contributed by atoms with Crippen molar-refractivity contribution in [2.24, 2.45) is 0 Å². The quantitative estimate of drug-likeness (QED) is 0.846. The van der Waals surface area contributed by atoms with Gasteiger partial charge in [-0.2, -0.15) is 4.98 Å². The summed E-state index contributed by atoms with van der Waals surface area (Å²) < 4.78 is 5.64. The highest BCUT2D eigenvalue weighted by atomic mass is 32.1. The summed E-state index contributed by atoms with van der Waals surface area (Å²) in [5.41, 5.74) is 0. The summed E-state index contributed by atoms with van der Waals surface area (Å²) in [6.07, 6.45) is 3.91. The number of aryl methyl sites for hydroxylation is 1. The standard InChI is InChI=1S/C12H15N3OS/c1-4-5-6-16-10-9-7-8(2)17-11(9)15-12(13-3)14-10/h4-5,7H,6H2,1-3H3,(H,13,14,15)/b5-4+. The van der Waals surface area contributed by atoms with Gasteiger partial charge in [-0.05, 0) is 19.9 Å². The lowest BCUT2D eigenvalue weighted by Crippen LogP contribution is -2.01. The predicted molar refractivity (Wildman–Crippen MR) is 72.0 cm³/mol. The second-order valence-corrected chi connectivity index (χ2v) is 4.79. The molecule has 0 atom stereocenters. The lowest BCUT2D eigenvalue weighted by atomic mass is 10.3. The molecule has 0 fully saturated rings. The number of nitrogens with one attached hydrogen (secondary N) is 1. The maximum Gasteiger partial charge on any atom is 0.227 e. The Bertz CT molecular complexity index is 548. The highest BCUT2D eigenvalue weighted by molar-refractivity contribution is 7.18. The largest absolute Gasteiger partial charge is 0.473 e. The number of nitrogens with zero attached hydrogens (tertiary/aromatic N) is 2. The Kier molecular flexibility index (Phi) is 3.58. The Morgan fingerprint density at radius 2 is 2.29 bits per heavy atom. The third kappa shape index (κ3) is 2.55. The Morgan fingerprint density at radius 1 is 1.47 bits per heavy atom. The van der Waals surface area contributed by atoms with Crippen LogP contribution in [0.15, 0.2) is 18.2 Å². The topological polar surface area (TPSA) is 47.0 Å². The Labute approximate surface area is 104 Å². The molecule has 0 bridgehead atoms. The molecule has 0 saturated heterocycles. The molecule has 0 aliphatic carbocycles. The van der Waals surface area contributed by atoms with E-state index in [0.717, 1.165) is 10.2 Å². The fourth-order valence-electron chi connectivity index (χ4n) is 1.46. The van der Waals surface area contributed by atoms with E-state index in [1.54, 1.807) is 18.4 Å². The van der Waals surface area contributed by atoms with Gasteiger partial charge in [-0.15, -0.1) is 11.3 Å². The Morgan fingerprint density at radius 3 is 3.00 bits per heavy atom. The first kappa shape index (κ1) is 11.9. The van der Waals surface area contributed by atoms with E-state index in [1.165, 1.54) is 4.88 Å². The number of allylic oxidation sites excluding steroid dienone is 1. The third-order valence-corrected chi connectivity index (χ3v) is 3.20. The van der Waals surface area contributed by atoms with Crippen LogP contribution in [-0.4, -0.2) is 23.6 Å². The molecular weight excluding hydrogens is 234 g/mol. The number of hydrogen-bond acceptors (Lipinski definition) is 5. The van der Waals surface area contributed by atoms with E-state index in [1.807, 2.05) is 19.1 Å². The maximum atomic E-state index is 5.64. The smallest absolute Gasteiger partial charge is 0.227 e. The first-order chi connectivity index (χ1) is 8.24. The lowest BCUT2D eigenvalue weighted by molar-refractivity contribution is 0.353. The van der Waals surface area contributed by atoms with Crippen molar-refractivity contribution in [2.75, 3.05) is 19.0 Å². The van der Waals surface area contributed by atoms with Gasteiger partial charge in [0.25, 0.3) is 0 Å². The molecule has 2 aromatic rings. The van der Waals surface area contributed by atoms with Gasteiger partial charge in [0.2, 0.25) is 11.8 Å². The van der Waals surface area contributed by atoms with Crippen molar-refractivity contribution in [1.29, 1.82) is 0 Å². The highest BCUT2D eigenvalue weighted by Crippen LogP contribution is 2.30. The van der Waals surface area contributed by atoms with Gasteiger partial charge in [0.15, 0.2) is 0 Å². The molecule has 0 saturated carbocycles. The third-order valence-electron chi connectivity index (χ3n) is 2.26. The van der Waals surface area contributed by atoms with Crippen molar-refractivity contribution in [3.05, 3.63) is 23.1 Å². The van der Waals surface area contributed by atoms with Gasteiger partial charge in [-0.1, -0.05) is 12.2 Å². The minimum absolute atomic E-state index is 0.528. The van der Waals surface area contributed by atoms with Gasteiger partial charge in [-0.25, -0.2) is 4.98 Å². The Balaban J connectivity index is 2.42. The van der Waals surface area contributed by atoms with Crippen molar-refractivity contribution < 1.29 is 4.74 Å². The van der Waals surface area contributed by atoms with E-state index in [2.05, 4.69) is 28.3 Å². The second-order valence-electron chi connectivity index (χ2n) is 3.56. The molecule has 0 amide bonds. The molecule has 5 heteroatoms. The van der Waals surface area contributed by atoms with Crippen LogP contribution in [0.1, 0.15) is 11.8 Å². The molecule has 1 N–H and O–H groups in total. The summed E-state index contributed by atoms with van der Waals surface area (Å²) in [4.78, 5) is 10.9. The molecule has 0 aromatic carbocycles. The number of ether oxygens (including phenoxy) is 1. The molecule has 0 unspecified atom stereocenters. The molecule has 90 valence electrons. The van der Waals surface area contributed by atoms with Gasteiger partial charge in [0.05, 0.1) is 5.39 Å². The summed E-state index contributed by atoms with van der Waals surface area (Å²) in [6, 6.07) is 2.06. The molecule has 17 heavy (non-hydrogen) atoms. The van der Waals surface area contributed by atoms with Crippen molar-refractivity contribution in [3.63, 3.8) is 0 Å². The van der Waals surface area contributed by atoms with Gasteiger partial charge in [0, 0.05) is 11.9 Å². The van der Waals surface area contributed by atoms with Gasteiger partial charge >= 0.3 is 0 Å². The van der Waals surface area contributed by atoms with Crippen molar-refractivity contribution in [1.82, 2.24) is 9.97 Å². The minimum Gasteiger partial charge on any atom is -0.473 e. The van der Waals surface area contributed by atoms with E-state index in [9.17, 15) is 0 Å². The van der Waals surface area contributed by atoms with E-state index >= 15 is 0 Å². The average molecular weight is 249 g/mol. The van der Waals surface area contributed by atoms with Crippen LogP contribution in [0.5, 0.6) is 5.88 Å². The van der Waals surface area contributed by atoms with Crippen molar-refractivity contribution >= 4 is 27.5 Å². The maximum absolute atomic E-state index is 5.64. The SMILES string of the molecule is C/C=C/COc1nc(NC)nc2sc(C)cc12. The van der Waals surface area contributed by atoms with E-state index < -0.39 is 0 Å². The number of thiophene rings is 1. The van der Waals surface area contributed by atoms with E-state index in [-0.39, 0.29) is 0 Å². The molecule has 0 radical (unpaired) electrons. The molecule has 2 heterocycles. The van der Waals surface area contributed by atoms with Crippen LogP contribution >= 0.6 is 11.3 Å². The van der Waals surface area contributed by atoms with Crippen molar-refractivity contribution in [3.8, 4) is 5.88 Å². The summed E-state index contributed by atoms with van der Waals surface area (Å²) in [5.74, 6) is 1.23. The summed E-state index contributed by atoms with van der Waals surface area (Å²) in [6.45, 7) is 4.55. The summed E-state index contributed by atoms with van der Waals surface area (Å²) >= 11 is 1.65.